The summed E-state index contributed by atoms with van der Waals surface area (Å²) in [5.41, 5.74) is 3.09. The average molecular weight is 349 g/mol. The number of halogens is 1. The fourth-order valence-corrected chi connectivity index (χ4v) is 2.85. The zero-order valence-corrected chi connectivity index (χ0v) is 13.3. The minimum absolute atomic E-state index is 0.665. The van der Waals surface area contributed by atoms with Crippen molar-refractivity contribution in [2.45, 2.75) is 6.92 Å². The van der Waals surface area contributed by atoms with Crippen molar-refractivity contribution in [3.63, 3.8) is 0 Å². The van der Waals surface area contributed by atoms with Crippen LogP contribution in [0.5, 0.6) is 5.75 Å². The smallest absolute Gasteiger partial charge is 0.182 e. The van der Waals surface area contributed by atoms with Gasteiger partial charge in [-0.1, -0.05) is 15.9 Å². The Morgan fingerprint density at radius 1 is 1.20 bits per heavy atom. The lowest BCUT2D eigenvalue weighted by Gasteiger charge is -2.07. The van der Waals surface area contributed by atoms with Gasteiger partial charge in [0.25, 0.3) is 0 Å². The molecule has 0 amide bonds. The van der Waals surface area contributed by atoms with Crippen molar-refractivity contribution in [3.05, 3.63) is 51.7 Å². The highest BCUT2D eigenvalue weighted by atomic mass is 79.9. The van der Waals surface area contributed by atoms with Crippen molar-refractivity contribution >= 4 is 39.2 Å². The summed E-state index contributed by atoms with van der Waals surface area (Å²) in [5, 5.41) is 0. The SMILES string of the molecule is CCOc1ccc(-n2c(=S)[nH]c3ccc(Br)cc32)cc1. The molecule has 0 saturated carbocycles. The van der Waals surface area contributed by atoms with E-state index >= 15 is 0 Å². The number of H-pyrrole nitrogens is 1. The Bertz CT molecular complexity index is 805. The van der Waals surface area contributed by atoms with E-state index in [4.69, 9.17) is 17.0 Å². The fraction of sp³-hybridized carbons (Fsp3) is 0.133. The molecule has 0 spiro atoms. The third-order valence-electron chi connectivity index (χ3n) is 3.05. The van der Waals surface area contributed by atoms with E-state index in [9.17, 15) is 0 Å². The van der Waals surface area contributed by atoms with Crippen LogP contribution in [0.2, 0.25) is 0 Å². The second-order valence-corrected chi connectivity index (χ2v) is 5.66. The number of nitrogens with zero attached hydrogens (tertiary/aromatic N) is 1. The number of hydrogen-bond acceptors (Lipinski definition) is 2. The summed E-state index contributed by atoms with van der Waals surface area (Å²) in [6.45, 7) is 2.64. The van der Waals surface area contributed by atoms with Gasteiger partial charge < -0.3 is 9.72 Å². The highest BCUT2D eigenvalue weighted by molar-refractivity contribution is 9.10. The molecule has 0 aliphatic heterocycles. The van der Waals surface area contributed by atoms with Gasteiger partial charge >= 0.3 is 0 Å². The summed E-state index contributed by atoms with van der Waals surface area (Å²) < 4.78 is 9.19. The molecule has 0 aliphatic rings. The average Bonchev–Trinajstić information content (AvgIpc) is 2.76. The molecular formula is C15H13BrN2OS. The van der Waals surface area contributed by atoms with Gasteiger partial charge in [0.15, 0.2) is 4.77 Å². The number of benzene rings is 2. The van der Waals surface area contributed by atoms with E-state index in [1.54, 1.807) is 0 Å². The second-order valence-electron chi connectivity index (χ2n) is 4.35. The number of fused-ring (bicyclic) bond motifs is 1. The van der Waals surface area contributed by atoms with Crippen molar-refractivity contribution in [3.8, 4) is 11.4 Å². The number of ether oxygens (including phenoxy) is 1. The second kappa shape index (κ2) is 5.42. The van der Waals surface area contributed by atoms with E-state index in [0.29, 0.717) is 11.4 Å². The Morgan fingerprint density at radius 2 is 1.95 bits per heavy atom. The molecule has 0 radical (unpaired) electrons. The summed E-state index contributed by atoms with van der Waals surface area (Å²) in [5.74, 6) is 0.865. The number of aromatic amines is 1. The predicted octanol–water partition coefficient (Wildman–Crippen LogP) is 4.85. The molecule has 0 saturated heterocycles. The first-order valence-electron chi connectivity index (χ1n) is 6.32. The minimum atomic E-state index is 0.665. The van der Waals surface area contributed by atoms with Gasteiger partial charge in [-0.05, 0) is 61.6 Å². The van der Waals surface area contributed by atoms with Gasteiger partial charge in [-0.2, -0.15) is 0 Å². The molecule has 20 heavy (non-hydrogen) atoms. The summed E-state index contributed by atoms with van der Waals surface area (Å²) in [6, 6.07) is 14.0. The first-order chi connectivity index (χ1) is 9.69. The third-order valence-corrected chi connectivity index (χ3v) is 3.83. The third kappa shape index (κ3) is 2.39. The summed E-state index contributed by atoms with van der Waals surface area (Å²) >= 11 is 8.92. The Morgan fingerprint density at radius 3 is 2.65 bits per heavy atom. The van der Waals surface area contributed by atoms with E-state index < -0.39 is 0 Å². The quantitative estimate of drug-likeness (QED) is 0.685. The van der Waals surface area contributed by atoms with Crippen LogP contribution < -0.4 is 4.74 Å². The van der Waals surface area contributed by atoms with Crippen LogP contribution in [0.3, 0.4) is 0 Å². The molecule has 0 fully saturated rings. The molecule has 1 N–H and O–H groups in total. The monoisotopic (exact) mass is 348 g/mol. The van der Waals surface area contributed by atoms with E-state index in [0.717, 1.165) is 26.9 Å². The van der Waals surface area contributed by atoms with Crippen LogP contribution in [0.25, 0.3) is 16.7 Å². The van der Waals surface area contributed by atoms with E-state index in [-0.39, 0.29) is 0 Å². The predicted molar refractivity (Wildman–Crippen MR) is 87.3 cm³/mol. The number of nitrogens with one attached hydrogen (secondary N) is 1. The first-order valence-corrected chi connectivity index (χ1v) is 7.52. The molecule has 0 unspecified atom stereocenters. The molecule has 1 heterocycles. The molecule has 3 rings (SSSR count). The highest BCUT2D eigenvalue weighted by Gasteiger charge is 2.07. The maximum absolute atomic E-state index is 5.46. The first kappa shape index (κ1) is 13.4. The number of imidazole rings is 1. The zero-order valence-electron chi connectivity index (χ0n) is 10.9. The normalized spacial score (nSPS) is 10.9. The number of hydrogen-bond donors (Lipinski definition) is 1. The largest absolute Gasteiger partial charge is 0.494 e. The van der Waals surface area contributed by atoms with Crippen LogP contribution in [0, 0.1) is 4.77 Å². The molecule has 0 atom stereocenters. The molecule has 1 aromatic heterocycles. The Labute approximate surface area is 130 Å². The van der Waals surface area contributed by atoms with Crippen molar-refractivity contribution < 1.29 is 4.74 Å². The maximum Gasteiger partial charge on any atom is 0.182 e. The lowest BCUT2D eigenvalue weighted by molar-refractivity contribution is 0.340. The zero-order chi connectivity index (χ0) is 14.1. The van der Waals surface area contributed by atoms with Gasteiger partial charge in [-0.25, -0.2) is 0 Å². The molecule has 3 aromatic rings. The van der Waals surface area contributed by atoms with Crippen LogP contribution in [-0.2, 0) is 0 Å². The van der Waals surface area contributed by atoms with Crippen LogP contribution >= 0.6 is 28.1 Å². The van der Waals surface area contributed by atoms with E-state index in [2.05, 4.69) is 27.0 Å². The van der Waals surface area contributed by atoms with Gasteiger partial charge in [-0.15, -0.1) is 0 Å². The number of rotatable bonds is 3. The molecule has 3 nitrogen and oxygen atoms in total. The van der Waals surface area contributed by atoms with Crippen LogP contribution in [-0.4, -0.2) is 16.2 Å². The Hall–Kier alpha value is -1.59. The standard InChI is InChI=1S/C15H13BrN2OS/c1-2-19-12-6-4-11(5-7-12)18-14-9-10(16)3-8-13(14)17-15(18)20/h3-9H,2H2,1H3,(H,17,20). The summed E-state index contributed by atoms with van der Waals surface area (Å²) in [4.78, 5) is 3.22. The van der Waals surface area contributed by atoms with E-state index in [1.807, 2.05) is 47.9 Å². The van der Waals surface area contributed by atoms with Gasteiger partial charge in [-0.3, -0.25) is 4.57 Å². The van der Waals surface area contributed by atoms with Gasteiger partial charge in [0, 0.05) is 10.2 Å². The fourth-order valence-electron chi connectivity index (χ4n) is 2.19. The molecular weight excluding hydrogens is 336 g/mol. The lowest BCUT2D eigenvalue weighted by Crippen LogP contribution is -1.95. The lowest BCUT2D eigenvalue weighted by atomic mass is 10.2. The molecule has 2 aromatic carbocycles. The summed E-state index contributed by atoms with van der Waals surface area (Å²) in [7, 11) is 0. The van der Waals surface area contributed by atoms with E-state index in [1.165, 1.54) is 0 Å². The molecule has 5 heteroatoms. The Kier molecular flexibility index (Phi) is 3.63. The minimum Gasteiger partial charge on any atom is -0.494 e. The number of aromatic nitrogens is 2. The van der Waals surface area contributed by atoms with Crippen molar-refractivity contribution in [1.29, 1.82) is 0 Å². The molecule has 0 aliphatic carbocycles. The van der Waals surface area contributed by atoms with Gasteiger partial charge in [0.05, 0.1) is 17.6 Å². The highest BCUT2D eigenvalue weighted by Crippen LogP contribution is 2.24. The maximum atomic E-state index is 5.46. The van der Waals surface area contributed by atoms with Crippen molar-refractivity contribution in [2.75, 3.05) is 6.61 Å². The van der Waals surface area contributed by atoms with Gasteiger partial charge in [0.2, 0.25) is 0 Å². The van der Waals surface area contributed by atoms with Crippen LogP contribution in [0.4, 0.5) is 0 Å². The molecule has 0 bridgehead atoms. The van der Waals surface area contributed by atoms with Gasteiger partial charge in [0.1, 0.15) is 5.75 Å². The van der Waals surface area contributed by atoms with Crippen LogP contribution in [0.15, 0.2) is 46.9 Å². The summed E-state index contributed by atoms with van der Waals surface area (Å²) in [6.07, 6.45) is 0. The van der Waals surface area contributed by atoms with Crippen molar-refractivity contribution in [1.82, 2.24) is 9.55 Å². The van der Waals surface area contributed by atoms with Crippen LogP contribution in [0.1, 0.15) is 6.92 Å². The Balaban J connectivity index is 2.15. The van der Waals surface area contributed by atoms with Crippen molar-refractivity contribution in [2.24, 2.45) is 0 Å². The molecule has 102 valence electrons. The topological polar surface area (TPSA) is 29.9 Å².